The van der Waals surface area contributed by atoms with Crippen LogP contribution in [-0.2, 0) is 9.53 Å². The van der Waals surface area contributed by atoms with Gasteiger partial charge in [0.05, 0.1) is 17.5 Å². The molecule has 3 aromatic rings. The number of halogens is 1. The Bertz CT molecular complexity index is 1060. The van der Waals surface area contributed by atoms with Crippen molar-refractivity contribution in [1.82, 2.24) is 4.98 Å². The molecule has 2 aromatic carbocycles. The zero-order chi connectivity index (χ0) is 20.6. The van der Waals surface area contributed by atoms with Crippen molar-refractivity contribution in [2.75, 3.05) is 17.7 Å². The number of para-hydroxylation sites is 1. The molecule has 1 amide bonds. The van der Waals surface area contributed by atoms with Crippen LogP contribution in [0.4, 0.5) is 5.69 Å². The first kappa shape index (κ1) is 20.9. The molecule has 29 heavy (non-hydrogen) atoms. The second kappa shape index (κ2) is 10.1. The molecule has 6 nitrogen and oxygen atoms in total. The number of nitrogens with one attached hydrogen (secondary N) is 1. The number of aromatic nitrogens is 1. The summed E-state index contributed by atoms with van der Waals surface area (Å²) in [4.78, 5) is 29.3. The molecule has 0 unspecified atom stereocenters. The molecule has 0 aliphatic heterocycles. The Morgan fingerprint density at radius 3 is 2.72 bits per heavy atom. The Balaban J connectivity index is 1.57. The molecule has 0 radical (unpaired) electrons. The fourth-order valence-corrected chi connectivity index (χ4v) is 3.88. The number of carbonyl (C=O) groups excluding carboxylic acids is 2. The van der Waals surface area contributed by atoms with Gasteiger partial charge in [0, 0.05) is 20.9 Å². The minimum atomic E-state index is -0.677. The molecule has 0 aliphatic carbocycles. The molecule has 1 aromatic heterocycles. The number of thiazole rings is 1. The summed E-state index contributed by atoms with van der Waals surface area (Å²) in [7, 11) is 0. The van der Waals surface area contributed by atoms with Gasteiger partial charge in [-0.15, -0.1) is 23.1 Å². The van der Waals surface area contributed by atoms with Crippen LogP contribution >= 0.6 is 34.7 Å². The second-order valence-electron chi connectivity index (χ2n) is 5.61. The van der Waals surface area contributed by atoms with Gasteiger partial charge >= 0.3 is 5.97 Å². The maximum absolute atomic E-state index is 12.2. The quantitative estimate of drug-likeness (QED) is 0.413. The van der Waals surface area contributed by atoms with Crippen LogP contribution in [0.15, 0.2) is 58.8 Å². The van der Waals surface area contributed by atoms with Crippen LogP contribution in [0.2, 0.25) is 5.02 Å². The summed E-state index contributed by atoms with van der Waals surface area (Å²) in [5, 5.41) is 14.2. The van der Waals surface area contributed by atoms with Crippen molar-refractivity contribution in [3.05, 3.63) is 64.6 Å². The van der Waals surface area contributed by atoms with Gasteiger partial charge in [0.15, 0.2) is 12.3 Å². The summed E-state index contributed by atoms with van der Waals surface area (Å²) in [6, 6.07) is 16.3. The lowest BCUT2D eigenvalue weighted by Crippen LogP contribution is -2.21. The van der Waals surface area contributed by atoms with E-state index in [-0.39, 0.29) is 11.4 Å². The van der Waals surface area contributed by atoms with E-state index < -0.39 is 18.5 Å². The van der Waals surface area contributed by atoms with Gasteiger partial charge in [-0.2, -0.15) is 5.26 Å². The van der Waals surface area contributed by atoms with Gasteiger partial charge in [-0.3, -0.25) is 4.79 Å². The number of thioether (sulfide) groups is 1. The second-order valence-corrected chi connectivity index (χ2v) is 7.92. The van der Waals surface area contributed by atoms with Gasteiger partial charge in [0.1, 0.15) is 5.01 Å². The van der Waals surface area contributed by atoms with Gasteiger partial charge in [0.25, 0.3) is 5.91 Å². The molecular weight excluding hydrogens is 430 g/mol. The molecule has 1 N–H and O–H groups in total. The molecule has 0 spiro atoms. The topological polar surface area (TPSA) is 92.1 Å². The predicted molar refractivity (Wildman–Crippen MR) is 114 cm³/mol. The summed E-state index contributed by atoms with van der Waals surface area (Å²) in [6.45, 7) is -0.441. The van der Waals surface area contributed by atoms with E-state index in [1.54, 1.807) is 35.7 Å². The number of benzene rings is 2. The first-order valence-corrected chi connectivity index (χ1v) is 10.6. The number of hydrogen-bond donors (Lipinski definition) is 1. The van der Waals surface area contributed by atoms with Crippen molar-refractivity contribution in [1.29, 1.82) is 5.26 Å². The first-order valence-electron chi connectivity index (χ1n) is 8.34. The molecule has 146 valence electrons. The number of esters is 1. The van der Waals surface area contributed by atoms with E-state index in [1.807, 2.05) is 24.3 Å². The van der Waals surface area contributed by atoms with Crippen molar-refractivity contribution in [2.24, 2.45) is 0 Å². The smallest absolute Gasteiger partial charge is 0.358 e. The molecule has 0 saturated carbocycles. The number of amides is 1. The lowest BCUT2D eigenvalue weighted by atomic mass is 10.2. The Hall–Kier alpha value is -2.86. The largest absolute Gasteiger partial charge is 0.451 e. The van der Waals surface area contributed by atoms with Crippen LogP contribution in [0.5, 0.6) is 0 Å². The zero-order valence-electron chi connectivity index (χ0n) is 14.9. The highest BCUT2D eigenvalue weighted by Gasteiger charge is 2.15. The Kier molecular flexibility index (Phi) is 7.25. The average molecular weight is 444 g/mol. The molecule has 0 atom stereocenters. The van der Waals surface area contributed by atoms with E-state index in [0.717, 1.165) is 10.5 Å². The van der Waals surface area contributed by atoms with Crippen molar-refractivity contribution in [3.63, 3.8) is 0 Å². The van der Waals surface area contributed by atoms with Crippen molar-refractivity contribution >= 4 is 52.3 Å². The SMILES string of the molecule is N#CCSc1ccccc1NC(=O)COC(=O)c1csc(-c2ccc(Cl)cc2)n1. The number of ether oxygens (including phenoxy) is 1. The first-order chi connectivity index (χ1) is 14.1. The van der Waals surface area contributed by atoms with Crippen LogP contribution in [-0.4, -0.2) is 29.2 Å². The van der Waals surface area contributed by atoms with E-state index in [4.69, 9.17) is 21.6 Å². The van der Waals surface area contributed by atoms with E-state index in [1.165, 1.54) is 23.1 Å². The predicted octanol–water partition coefficient (Wildman–Crippen LogP) is 4.87. The number of nitrogens with zero attached hydrogens (tertiary/aromatic N) is 2. The standard InChI is InChI=1S/C20H14ClN3O3S2/c21-14-7-5-13(6-8-14)19-24-16(12-29-19)20(26)27-11-18(25)23-15-3-1-2-4-17(15)28-10-9-22/h1-8,12H,10-11H2,(H,23,25). The van der Waals surface area contributed by atoms with Gasteiger partial charge in [0.2, 0.25) is 0 Å². The molecule has 0 bridgehead atoms. The van der Waals surface area contributed by atoms with Gasteiger partial charge in [-0.25, -0.2) is 9.78 Å². The summed E-state index contributed by atoms with van der Waals surface area (Å²) >= 11 is 8.48. The minimum absolute atomic E-state index is 0.137. The molecule has 3 rings (SSSR count). The number of hydrogen-bond acceptors (Lipinski definition) is 7. The molecule has 1 heterocycles. The Labute approximate surface area is 180 Å². The fraction of sp³-hybridized carbons (Fsp3) is 0.100. The van der Waals surface area contributed by atoms with Crippen LogP contribution < -0.4 is 5.32 Å². The fourth-order valence-electron chi connectivity index (χ4n) is 2.29. The van der Waals surface area contributed by atoms with E-state index in [2.05, 4.69) is 10.3 Å². The van der Waals surface area contributed by atoms with Crippen LogP contribution in [0, 0.1) is 11.3 Å². The summed E-state index contributed by atoms with van der Waals surface area (Å²) in [5.74, 6) is -0.887. The highest BCUT2D eigenvalue weighted by atomic mass is 35.5. The third-order valence-electron chi connectivity index (χ3n) is 3.59. The maximum Gasteiger partial charge on any atom is 0.358 e. The van der Waals surface area contributed by atoms with Crippen LogP contribution in [0.3, 0.4) is 0 Å². The number of nitriles is 1. The summed E-state index contributed by atoms with van der Waals surface area (Å²) in [5.41, 5.74) is 1.54. The molecule has 0 fully saturated rings. The number of anilines is 1. The molecule has 9 heteroatoms. The summed E-state index contributed by atoms with van der Waals surface area (Å²) in [6.07, 6.45) is 0. The van der Waals surface area contributed by atoms with Gasteiger partial charge in [-0.05, 0) is 24.3 Å². The minimum Gasteiger partial charge on any atom is -0.451 e. The zero-order valence-corrected chi connectivity index (χ0v) is 17.3. The van der Waals surface area contributed by atoms with Gasteiger partial charge < -0.3 is 10.1 Å². The normalized spacial score (nSPS) is 10.2. The van der Waals surface area contributed by atoms with E-state index in [0.29, 0.717) is 15.7 Å². The molecule has 0 saturated heterocycles. The molecule has 0 aliphatic rings. The highest BCUT2D eigenvalue weighted by Crippen LogP contribution is 2.27. The lowest BCUT2D eigenvalue weighted by Gasteiger charge is -2.09. The Morgan fingerprint density at radius 1 is 1.21 bits per heavy atom. The monoisotopic (exact) mass is 443 g/mol. The van der Waals surface area contributed by atoms with Crippen molar-refractivity contribution < 1.29 is 14.3 Å². The Morgan fingerprint density at radius 2 is 1.97 bits per heavy atom. The number of carbonyl (C=O) groups is 2. The van der Waals surface area contributed by atoms with E-state index in [9.17, 15) is 9.59 Å². The van der Waals surface area contributed by atoms with Crippen LogP contribution in [0.25, 0.3) is 10.6 Å². The highest BCUT2D eigenvalue weighted by molar-refractivity contribution is 7.99. The maximum atomic E-state index is 12.2. The van der Waals surface area contributed by atoms with Crippen LogP contribution in [0.1, 0.15) is 10.5 Å². The third-order valence-corrected chi connectivity index (χ3v) is 5.68. The van der Waals surface area contributed by atoms with Crippen molar-refractivity contribution in [2.45, 2.75) is 4.90 Å². The van der Waals surface area contributed by atoms with E-state index >= 15 is 0 Å². The molecular formula is C20H14ClN3O3S2. The summed E-state index contributed by atoms with van der Waals surface area (Å²) < 4.78 is 5.06. The third kappa shape index (κ3) is 5.81. The lowest BCUT2D eigenvalue weighted by molar-refractivity contribution is -0.119. The van der Waals surface area contributed by atoms with Crippen molar-refractivity contribution in [3.8, 4) is 16.6 Å². The van der Waals surface area contributed by atoms with Gasteiger partial charge in [-0.1, -0.05) is 35.9 Å². The average Bonchev–Trinajstić information content (AvgIpc) is 3.22. The number of rotatable bonds is 7.